The normalized spacial score (nSPS) is 17.2. The first-order valence-corrected chi connectivity index (χ1v) is 9.31. The summed E-state index contributed by atoms with van der Waals surface area (Å²) in [4.78, 5) is 8.92. The zero-order valence-corrected chi connectivity index (χ0v) is 15.2. The van der Waals surface area contributed by atoms with Gasteiger partial charge in [-0.2, -0.15) is 0 Å². The van der Waals surface area contributed by atoms with E-state index in [4.69, 9.17) is 4.74 Å². The number of benzene rings is 1. The average molecular weight is 398 g/mol. The van der Waals surface area contributed by atoms with Gasteiger partial charge in [0.05, 0.1) is 0 Å². The van der Waals surface area contributed by atoms with E-state index in [1.54, 1.807) is 11.3 Å². The minimum absolute atomic E-state index is 0.314. The van der Waals surface area contributed by atoms with Crippen LogP contribution < -0.4 is 9.64 Å². The summed E-state index contributed by atoms with van der Waals surface area (Å²) >= 11 is 5.07. The van der Waals surface area contributed by atoms with Crippen molar-refractivity contribution in [1.29, 1.82) is 0 Å². The molecule has 1 aliphatic heterocycles. The number of aromatic nitrogens is 1. The lowest BCUT2D eigenvalue weighted by molar-refractivity contribution is 0.0663. The molecule has 1 fully saturated rings. The van der Waals surface area contributed by atoms with Crippen LogP contribution >= 0.6 is 27.3 Å². The fourth-order valence-corrected chi connectivity index (χ4v) is 3.53. The summed E-state index contributed by atoms with van der Waals surface area (Å²) in [5.41, 5.74) is 0. The summed E-state index contributed by atoms with van der Waals surface area (Å²) < 4.78 is 6.65. The van der Waals surface area contributed by atoms with E-state index in [-0.39, 0.29) is 0 Å². The Bertz CT molecular complexity index is 586. The highest BCUT2D eigenvalue weighted by molar-refractivity contribution is 9.10. The van der Waals surface area contributed by atoms with Crippen LogP contribution in [0.4, 0.5) is 5.13 Å². The Labute approximate surface area is 148 Å². The highest BCUT2D eigenvalue weighted by Gasteiger charge is 2.20. The molecule has 0 amide bonds. The lowest BCUT2D eigenvalue weighted by Gasteiger charge is -2.35. The van der Waals surface area contributed by atoms with Crippen molar-refractivity contribution >= 4 is 32.4 Å². The number of anilines is 1. The van der Waals surface area contributed by atoms with Crippen molar-refractivity contribution in [2.24, 2.45) is 0 Å². The second kappa shape index (κ2) is 8.10. The maximum atomic E-state index is 10.2. The summed E-state index contributed by atoms with van der Waals surface area (Å²) in [6.45, 7) is 4.74. The van der Waals surface area contributed by atoms with Crippen LogP contribution in [-0.2, 0) is 0 Å². The zero-order chi connectivity index (χ0) is 16.1. The van der Waals surface area contributed by atoms with E-state index in [1.165, 1.54) is 0 Å². The minimum Gasteiger partial charge on any atom is -0.491 e. The molecule has 2 aromatic rings. The lowest BCUT2D eigenvalue weighted by atomic mass is 10.2. The molecule has 1 aliphatic rings. The number of rotatable bonds is 6. The van der Waals surface area contributed by atoms with Gasteiger partial charge in [0.2, 0.25) is 0 Å². The van der Waals surface area contributed by atoms with Gasteiger partial charge >= 0.3 is 0 Å². The number of thiazole rings is 1. The summed E-state index contributed by atoms with van der Waals surface area (Å²) in [5.74, 6) is 0.779. The topological polar surface area (TPSA) is 48.8 Å². The molecule has 3 rings (SSSR count). The molecule has 1 atom stereocenters. The number of hydrogen-bond donors (Lipinski definition) is 1. The van der Waals surface area contributed by atoms with Gasteiger partial charge in [0, 0.05) is 48.8 Å². The van der Waals surface area contributed by atoms with Crippen LogP contribution in [0.1, 0.15) is 0 Å². The Hall–Kier alpha value is -1.15. The molecule has 124 valence electrons. The Morgan fingerprint density at radius 1 is 1.22 bits per heavy atom. The van der Waals surface area contributed by atoms with Gasteiger partial charge in [-0.3, -0.25) is 4.90 Å². The number of hydrogen-bond acceptors (Lipinski definition) is 6. The summed E-state index contributed by atoms with van der Waals surface area (Å²) in [6, 6.07) is 7.65. The molecule has 0 saturated carbocycles. The van der Waals surface area contributed by atoms with Gasteiger partial charge in [-0.1, -0.05) is 15.9 Å². The molecule has 1 saturated heterocycles. The van der Waals surface area contributed by atoms with Crippen molar-refractivity contribution in [3.63, 3.8) is 0 Å². The first-order valence-electron chi connectivity index (χ1n) is 7.64. The Kier molecular flexibility index (Phi) is 5.88. The third-order valence-electron chi connectivity index (χ3n) is 3.79. The highest BCUT2D eigenvalue weighted by Crippen LogP contribution is 2.19. The van der Waals surface area contributed by atoms with E-state index in [0.29, 0.717) is 13.2 Å². The fraction of sp³-hybridized carbons (Fsp3) is 0.438. The largest absolute Gasteiger partial charge is 0.491 e. The maximum Gasteiger partial charge on any atom is 0.185 e. The number of β-amino-alcohol motifs (C(OH)–C–C–N with tert-alkyl or cyclic N) is 1. The van der Waals surface area contributed by atoms with Crippen molar-refractivity contribution in [3.05, 3.63) is 40.3 Å². The van der Waals surface area contributed by atoms with E-state index in [2.05, 4.69) is 30.7 Å². The van der Waals surface area contributed by atoms with Gasteiger partial charge in [0.1, 0.15) is 18.5 Å². The number of ether oxygens (including phenoxy) is 1. The number of aliphatic hydroxyl groups excluding tert-OH is 1. The molecular weight excluding hydrogens is 378 g/mol. The molecule has 1 N–H and O–H groups in total. The first kappa shape index (κ1) is 16.7. The summed E-state index contributed by atoms with van der Waals surface area (Å²) in [7, 11) is 0. The molecule has 5 nitrogen and oxygen atoms in total. The third-order valence-corrected chi connectivity index (χ3v) is 5.15. The van der Waals surface area contributed by atoms with Gasteiger partial charge in [0.25, 0.3) is 0 Å². The molecule has 0 spiro atoms. The highest BCUT2D eigenvalue weighted by atomic mass is 79.9. The van der Waals surface area contributed by atoms with Crippen molar-refractivity contribution in [2.45, 2.75) is 6.10 Å². The SMILES string of the molecule is O[C@H](COc1ccc(Br)cc1)CN1CCN(c2nccs2)CC1. The minimum atomic E-state index is -0.481. The van der Waals surface area contributed by atoms with Crippen LogP contribution in [-0.4, -0.2) is 60.4 Å². The van der Waals surface area contributed by atoms with Gasteiger partial charge in [-0.15, -0.1) is 11.3 Å². The smallest absolute Gasteiger partial charge is 0.185 e. The van der Waals surface area contributed by atoms with Gasteiger partial charge in [0.15, 0.2) is 5.13 Å². The van der Waals surface area contributed by atoms with Crippen molar-refractivity contribution in [1.82, 2.24) is 9.88 Å². The van der Waals surface area contributed by atoms with E-state index < -0.39 is 6.10 Å². The molecule has 2 heterocycles. The molecule has 23 heavy (non-hydrogen) atoms. The van der Waals surface area contributed by atoms with Crippen LogP contribution in [0, 0.1) is 0 Å². The zero-order valence-electron chi connectivity index (χ0n) is 12.8. The number of piperazine rings is 1. The number of halogens is 1. The predicted molar refractivity (Wildman–Crippen MR) is 96.4 cm³/mol. The van der Waals surface area contributed by atoms with Gasteiger partial charge in [-0.05, 0) is 24.3 Å². The summed E-state index contributed by atoms with van der Waals surface area (Å²) in [6.07, 6.45) is 1.36. The Morgan fingerprint density at radius 2 is 1.96 bits per heavy atom. The van der Waals surface area contributed by atoms with Crippen LogP contribution in [0.25, 0.3) is 0 Å². The van der Waals surface area contributed by atoms with Crippen LogP contribution in [0.2, 0.25) is 0 Å². The van der Waals surface area contributed by atoms with E-state index in [9.17, 15) is 5.11 Å². The van der Waals surface area contributed by atoms with E-state index in [1.807, 2.05) is 35.8 Å². The van der Waals surface area contributed by atoms with E-state index >= 15 is 0 Å². The molecule has 7 heteroatoms. The summed E-state index contributed by atoms with van der Waals surface area (Å²) in [5, 5.41) is 13.3. The second-order valence-electron chi connectivity index (χ2n) is 5.52. The maximum absolute atomic E-state index is 10.2. The monoisotopic (exact) mass is 397 g/mol. The Morgan fingerprint density at radius 3 is 2.61 bits per heavy atom. The molecule has 0 unspecified atom stereocenters. The lowest BCUT2D eigenvalue weighted by Crippen LogP contribution is -2.49. The third kappa shape index (κ3) is 4.91. The molecule has 1 aromatic heterocycles. The average Bonchev–Trinajstić information content (AvgIpc) is 3.09. The van der Waals surface area contributed by atoms with Crippen LogP contribution in [0.5, 0.6) is 5.75 Å². The molecule has 0 radical (unpaired) electrons. The van der Waals surface area contributed by atoms with Crippen LogP contribution in [0.15, 0.2) is 40.3 Å². The van der Waals surface area contributed by atoms with Crippen molar-refractivity contribution in [2.75, 3.05) is 44.2 Å². The number of aliphatic hydroxyl groups is 1. The number of nitrogens with zero attached hydrogens (tertiary/aromatic N) is 3. The second-order valence-corrected chi connectivity index (χ2v) is 7.31. The predicted octanol–water partition coefficient (Wildman–Crippen LogP) is 2.47. The fourth-order valence-electron chi connectivity index (χ4n) is 2.57. The van der Waals surface area contributed by atoms with E-state index in [0.717, 1.165) is 41.5 Å². The molecule has 0 bridgehead atoms. The quantitative estimate of drug-likeness (QED) is 0.810. The van der Waals surface area contributed by atoms with Crippen LogP contribution in [0.3, 0.4) is 0 Å². The van der Waals surface area contributed by atoms with Crippen molar-refractivity contribution in [3.8, 4) is 5.75 Å². The molecule has 0 aliphatic carbocycles. The standard InChI is InChI=1S/C16H20BrN3O2S/c17-13-1-3-15(4-2-13)22-12-14(21)11-19-6-8-20(9-7-19)16-18-5-10-23-16/h1-5,10,14,21H,6-9,11-12H2/t14-/m0/s1. The molecular formula is C16H20BrN3O2S. The van der Waals surface area contributed by atoms with Crippen molar-refractivity contribution < 1.29 is 9.84 Å². The van der Waals surface area contributed by atoms with Gasteiger partial charge < -0.3 is 14.7 Å². The molecule has 1 aromatic carbocycles. The Balaban J connectivity index is 1.39. The first-order chi connectivity index (χ1) is 11.2. The van der Waals surface area contributed by atoms with Gasteiger partial charge in [-0.25, -0.2) is 4.98 Å².